The molecule has 1 aromatic rings. The Bertz CT molecular complexity index is 884. The molecule has 0 radical (unpaired) electrons. The molecular weight excluding hydrogens is 360 g/mol. The Morgan fingerprint density at radius 2 is 1.72 bits per heavy atom. The molecule has 2 N–H and O–H groups in total. The van der Waals surface area contributed by atoms with Crippen molar-refractivity contribution in [3.8, 4) is 6.07 Å². The van der Waals surface area contributed by atoms with Crippen LogP contribution in [0.1, 0.15) is 95.1 Å². The lowest BCUT2D eigenvalue weighted by molar-refractivity contribution is -0.172. The fourth-order valence-corrected chi connectivity index (χ4v) is 5.33. The van der Waals surface area contributed by atoms with Crippen molar-refractivity contribution in [2.75, 3.05) is 0 Å². The summed E-state index contributed by atoms with van der Waals surface area (Å²) >= 11 is 0. The van der Waals surface area contributed by atoms with Crippen molar-refractivity contribution in [1.29, 1.82) is 5.26 Å². The van der Waals surface area contributed by atoms with E-state index in [0.717, 1.165) is 30.4 Å². The van der Waals surface area contributed by atoms with E-state index in [1.165, 1.54) is 5.57 Å². The molecule has 1 aromatic carbocycles. The van der Waals surface area contributed by atoms with Crippen LogP contribution in [-0.4, -0.2) is 17.1 Å². The zero-order valence-electron chi connectivity index (χ0n) is 18.7. The first kappa shape index (κ1) is 21.6. The van der Waals surface area contributed by atoms with Crippen LogP contribution in [0.25, 0.3) is 5.57 Å². The van der Waals surface area contributed by atoms with Crippen molar-refractivity contribution in [3.63, 3.8) is 0 Å². The second-order valence-electron chi connectivity index (χ2n) is 10.9. The molecule has 2 aliphatic rings. The number of carbonyl (C=O) groups excluding carboxylic acids is 1. The van der Waals surface area contributed by atoms with Crippen molar-refractivity contribution in [2.45, 2.75) is 90.3 Å². The van der Waals surface area contributed by atoms with Crippen LogP contribution in [0.15, 0.2) is 24.3 Å². The molecule has 29 heavy (non-hydrogen) atoms. The molecule has 3 rings (SSSR count). The number of hydrogen-bond donors (Lipinski definition) is 1. The molecule has 1 aliphatic heterocycles. The first-order valence-electron chi connectivity index (χ1n) is 10.5. The van der Waals surface area contributed by atoms with Gasteiger partial charge in [-0.2, -0.15) is 5.26 Å². The zero-order valence-corrected chi connectivity index (χ0v) is 18.7. The van der Waals surface area contributed by atoms with Crippen molar-refractivity contribution in [3.05, 3.63) is 41.0 Å². The first-order chi connectivity index (χ1) is 13.3. The molecule has 4 heteroatoms. The van der Waals surface area contributed by atoms with E-state index in [1.54, 1.807) is 0 Å². The number of amides is 1. The number of benzene rings is 1. The largest absolute Gasteiger partial charge is 0.370 e. The van der Waals surface area contributed by atoms with Gasteiger partial charge in [-0.15, -0.1) is 0 Å². The summed E-state index contributed by atoms with van der Waals surface area (Å²) in [5.41, 5.74) is 8.05. The molecule has 0 bridgehead atoms. The van der Waals surface area contributed by atoms with Gasteiger partial charge in [-0.3, -0.25) is 4.79 Å². The molecule has 1 aliphatic carbocycles. The molecular formula is C25H34N2O2. The minimum atomic E-state index is -0.662. The number of primary amides is 1. The number of rotatable bonds is 3. The van der Waals surface area contributed by atoms with E-state index in [4.69, 9.17) is 10.5 Å². The van der Waals surface area contributed by atoms with E-state index in [9.17, 15) is 10.1 Å². The van der Waals surface area contributed by atoms with Crippen LogP contribution in [0.5, 0.6) is 0 Å². The van der Waals surface area contributed by atoms with E-state index in [2.05, 4.69) is 26.0 Å². The third kappa shape index (κ3) is 4.41. The highest BCUT2D eigenvalue weighted by Gasteiger charge is 2.50. The van der Waals surface area contributed by atoms with Crippen LogP contribution in [0.2, 0.25) is 0 Å². The van der Waals surface area contributed by atoms with Crippen LogP contribution in [0, 0.1) is 16.7 Å². The normalized spacial score (nSPS) is 24.2. The van der Waals surface area contributed by atoms with Gasteiger partial charge in [-0.05, 0) is 94.0 Å². The highest BCUT2D eigenvalue weighted by Crippen LogP contribution is 2.48. The molecule has 0 aromatic heterocycles. The van der Waals surface area contributed by atoms with E-state index >= 15 is 0 Å². The van der Waals surface area contributed by atoms with Crippen molar-refractivity contribution >= 4 is 11.5 Å². The molecule has 1 heterocycles. The lowest BCUT2D eigenvalue weighted by Crippen LogP contribution is -2.52. The van der Waals surface area contributed by atoms with Gasteiger partial charge in [-0.1, -0.05) is 26.0 Å². The van der Waals surface area contributed by atoms with Gasteiger partial charge >= 0.3 is 0 Å². The highest BCUT2D eigenvalue weighted by molar-refractivity contribution is 5.98. The monoisotopic (exact) mass is 394 g/mol. The van der Waals surface area contributed by atoms with Crippen LogP contribution in [-0.2, 0) is 10.2 Å². The Kier molecular flexibility index (Phi) is 5.20. The zero-order chi connectivity index (χ0) is 21.7. The number of nitriles is 1. The van der Waals surface area contributed by atoms with Gasteiger partial charge in [0, 0.05) is 5.56 Å². The summed E-state index contributed by atoms with van der Waals surface area (Å²) in [5.74, 6) is -0.420. The molecule has 1 saturated heterocycles. The predicted molar refractivity (Wildman–Crippen MR) is 116 cm³/mol. The smallest absolute Gasteiger partial charge is 0.249 e. The maximum absolute atomic E-state index is 12.1. The van der Waals surface area contributed by atoms with Crippen molar-refractivity contribution < 1.29 is 9.53 Å². The summed E-state index contributed by atoms with van der Waals surface area (Å²) in [6.45, 7) is 12.7. The second kappa shape index (κ2) is 6.99. The van der Waals surface area contributed by atoms with Gasteiger partial charge in [0.2, 0.25) is 5.91 Å². The van der Waals surface area contributed by atoms with Crippen LogP contribution < -0.4 is 5.73 Å². The molecule has 1 fully saturated rings. The van der Waals surface area contributed by atoms with Gasteiger partial charge in [0.15, 0.2) is 0 Å². The van der Waals surface area contributed by atoms with Gasteiger partial charge in [0.25, 0.3) is 0 Å². The molecule has 4 nitrogen and oxygen atoms in total. The topological polar surface area (TPSA) is 76.1 Å². The number of nitrogens with two attached hydrogens (primary N) is 1. The van der Waals surface area contributed by atoms with Crippen molar-refractivity contribution in [1.82, 2.24) is 0 Å². The average Bonchev–Trinajstić information content (AvgIpc) is 2.58. The summed E-state index contributed by atoms with van der Waals surface area (Å²) in [6.07, 6.45) is 6.42. The number of hydrogen-bond acceptors (Lipinski definition) is 3. The average molecular weight is 395 g/mol. The summed E-state index contributed by atoms with van der Waals surface area (Å²) < 4.78 is 6.23. The fraction of sp³-hybridized carbons (Fsp3) is 0.600. The Labute approximate surface area is 175 Å². The number of nitrogens with zero attached hydrogens (tertiary/aromatic N) is 1. The second-order valence-corrected chi connectivity index (χ2v) is 10.9. The Morgan fingerprint density at radius 1 is 1.10 bits per heavy atom. The summed E-state index contributed by atoms with van der Waals surface area (Å²) in [7, 11) is 0. The molecule has 0 unspecified atom stereocenters. The van der Waals surface area contributed by atoms with Crippen LogP contribution >= 0.6 is 0 Å². The predicted octanol–water partition coefficient (Wildman–Crippen LogP) is 5.51. The van der Waals surface area contributed by atoms with Crippen LogP contribution in [0.4, 0.5) is 0 Å². The minimum absolute atomic E-state index is 0.274. The summed E-state index contributed by atoms with van der Waals surface area (Å²) in [6, 6.07) is 8.39. The number of ether oxygens (including phenoxy) is 1. The van der Waals surface area contributed by atoms with E-state index in [0.29, 0.717) is 18.4 Å². The van der Waals surface area contributed by atoms with Gasteiger partial charge in [-0.25, -0.2) is 0 Å². The number of allylic oxidation sites excluding steroid dienone is 2. The lowest BCUT2D eigenvalue weighted by atomic mass is 9.65. The van der Waals surface area contributed by atoms with Crippen molar-refractivity contribution in [2.24, 2.45) is 11.1 Å². The molecule has 0 atom stereocenters. The molecule has 156 valence electrons. The summed E-state index contributed by atoms with van der Waals surface area (Å²) in [4.78, 5) is 12.1. The molecule has 0 saturated carbocycles. The lowest BCUT2D eigenvalue weighted by Gasteiger charge is -2.49. The Hall–Kier alpha value is -2.12. The standard InChI is InChI=1S/C25H34N2O2/c1-22(2)11-9-17(10-12-22)20-13-18(7-8-19(20)21(27)28)25(16-26)14-23(3,4)29-24(5,6)15-25/h7-9,13H,10-12,14-15H2,1-6H3,(H2,27,28). The molecule has 0 spiro atoms. The van der Waals surface area contributed by atoms with Gasteiger partial charge in [0.05, 0.1) is 22.7 Å². The maximum atomic E-state index is 12.1. The first-order valence-corrected chi connectivity index (χ1v) is 10.5. The maximum Gasteiger partial charge on any atom is 0.249 e. The van der Waals surface area contributed by atoms with Gasteiger partial charge in [0.1, 0.15) is 0 Å². The Balaban J connectivity index is 2.13. The number of carbonyl (C=O) groups is 1. The fourth-order valence-electron chi connectivity index (χ4n) is 5.33. The van der Waals surface area contributed by atoms with Gasteiger partial charge < -0.3 is 10.5 Å². The van der Waals surface area contributed by atoms with Crippen LogP contribution in [0.3, 0.4) is 0 Å². The summed E-state index contributed by atoms with van der Waals surface area (Å²) in [5, 5.41) is 10.3. The SMILES string of the molecule is CC1(C)CC=C(c2cc(C3(C#N)CC(C)(C)OC(C)(C)C3)ccc2C(N)=O)CC1. The highest BCUT2D eigenvalue weighted by atomic mass is 16.5. The quantitative estimate of drug-likeness (QED) is 0.734. The molecule has 1 amide bonds. The van der Waals surface area contributed by atoms with E-state index < -0.39 is 22.5 Å². The van der Waals surface area contributed by atoms with E-state index in [1.807, 2.05) is 45.9 Å². The third-order valence-electron chi connectivity index (χ3n) is 6.38. The minimum Gasteiger partial charge on any atom is -0.370 e. The Morgan fingerprint density at radius 3 is 2.21 bits per heavy atom. The van der Waals surface area contributed by atoms with E-state index in [-0.39, 0.29) is 5.41 Å². The third-order valence-corrected chi connectivity index (χ3v) is 6.38.